The fraction of sp³-hybridized carbons (Fsp3) is 0.667. The number of aromatic nitrogens is 1. The lowest BCUT2D eigenvalue weighted by Gasteiger charge is -2.19. The molecule has 3 rings (SSSR count). The van der Waals surface area contributed by atoms with Crippen LogP contribution in [-0.2, 0) is 10.0 Å². The van der Waals surface area contributed by atoms with Crippen LogP contribution in [0.15, 0.2) is 28.3 Å². The van der Waals surface area contributed by atoms with E-state index >= 15 is 0 Å². The van der Waals surface area contributed by atoms with Crippen LogP contribution in [-0.4, -0.2) is 40.9 Å². The van der Waals surface area contributed by atoms with Gasteiger partial charge < -0.3 is 0 Å². The summed E-state index contributed by atoms with van der Waals surface area (Å²) in [5, 5.41) is 0.802. The topological polar surface area (TPSA) is 50.3 Å². The minimum atomic E-state index is -3.42. The Hall–Kier alpha value is -0.0100. The van der Waals surface area contributed by atoms with E-state index in [0.29, 0.717) is 13.1 Å². The van der Waals surface area contributed by atoms with Gasteiger partial charge in [0.25, 0.3) is 0 Å². The minimum Gasteiger partial charge on any atom is -0.249 e. The van der Waals surface area contributed by atoms with Gasteiger partial charge in [0.15, 0.2) is 0 Å². The van der Waals surface area contributed by atoms with Crippen LogP contribution >= 0.6 is 35.0 Å². The predicted molar refractivity (Wildman–Crippen MR) is 94.7 cm³/mol. The summed E-state index contributed by atoms with van der Waals surface area (Å²) < 4.78 is 26.3. The molecule has 1 aromatic rings. The zero-order chi connectivity index (χ0) is 16.5. The van der Waals surface area contributed by atoms with Gasteiger partial charge >= 0.3 is 0 Å². The highest BCUT2D eigenvalue weighted by Crippen LogP contribution is 2.54. The molecule has 0 unspecified atom stereocenters. The quantitative estimate of drug-likeness (QED) is 0.560. The second-order valence-electron chi connectivity index (χ2n) is 6.12. The fourth-order valence-corrected chi connectivity index (χ4v) is 5.91. The first-order valence-corrected chi connectivity index (χ1v) is 11.0. The van der Waals surface area contributed by atoms with Crippen LogP contribution in [0.4, 0.5) is 0 Å². The molecule has 1 saturated heterocycles. The van der Waals surface area contributed by atoms with Crippen LogP contribution in [0.3, 0.4) is 0 Å². The fourth-order valence-electron chi connectivity index (χ4n) is 2.67. The molecule has 0 radical (unpaired) electrons. The Kier molecular flexibility index (Phi) is 5.48. The van der Waals surface area contributed by atoms with Gasteiger partial charge in [-0.05, 0) is 31.4 Å². The highest BCUT2D eigenvalue weighted by atomic mass is 35.5. The monoisotopic (exact) mass is 394 g/mol. The Morgan fingerprint density at radius 1 is 1.22 bits per heavy atom. The SMILES string of the molecule is O=S(=O)(c1ccc(SC[C@H]2CC2(Cl)Cl)nc1)N1CCCCCC1. The second-order valence-corrected chi connectivity index (χ2v) is 10.6. The molecule has 0 amide bonds. The predicted octanol–water partition coefficient (Wildman–Crippen LogP) is 3.93. The second kappa shape index (κ2) is 7.08. The number of sulfonamides is 1. The normalized spacial score (nSPS) is 25.0. The Bertz CT molecular complexity index is 642. The van der Waals surface area contributed by atoms with E-state index in [1.165, 1.54) is 6.20 Å². The Balaban J connectivity index is 1.63. The maximum absolute atomic E-state index is 12.7. The van der Waals surface area contributed by atoms with Crippen molar-refractivity contribution in [1.29, 1.82) is 0 Å². The number of alkyl halides is 2. The van der Waals surface area contributed by atoms with E-state index in [1.54, 1.807) is 28.2 Å². The summed E-state index contributed by atoms with van der Waals surface area (Å²) in [5.41, 5.74) is 0. The van der Waals surface area contributed by atoms with E-state index in [4.69, 9.17) is 23.2 Å². The summed E-state index contributed by atoms with van der Waals surface area (Å²) in [6.45, 7) is 1.21. The standard InChI is InChI=1S/C15H20Cl2N2O2S2/c16-15(17)9-12(15)11-22-14-6-5-13(10-18-14)23(20,21)19-7-3-1-2-4-8-19/h5-6,10,12H,1-4,7-9,11H2/t12-/m1/s1. The number of halogens is 2. The molecule has 1 saturated carbocycles. The van der Waals surface area contributed by atoms with Gasteiger partial charge in [0.1, 0.15) is 9.23 Å². The van der Waals surface area contributed by atoms with Gasteiger partial charge in [0, 0.05) is 31.0 Å². The molecule has 23 heavy (non-hydrogen) atoms. The molecule has 1 aliphatic heterocycles. The molecule has 8 heteroatoms. The third-order valence-electron chi connectivity index (χ3n) is 4.30. The van der Waals surface area contributed by atoms with E-state index in [0.717, 1.165) is 42.9 Å². The third kappa shape index (κ3) is 4.34. The van der Waals surface area contributed by atoms with Gasteiger partial charge in [0.2, 0.25) is 10.0 Å². The van der Waals surface area contributed by atoms with Crippen molar-refractivity contribution in [1.82, 2.24) is 9.29 Å². The molecule has 0 aromatic carbocycles. The number of rotatable bonds is 5. The van der Waals surface area contributed by atoms with Crippen LogP contribution in [0.5, 0.6) is 0 Å². The third-order valence-corrected chi connectivity index (χ3v) is 8.21. The Morgan fingerprint density at radius 3 is 2.39 bits per heavy atom. The lowest BCUT2D eigenvalue weighted by atomic mass is 10.2. The summed E-state index contributed by atoms with van der Waals surface area (Å²) in [6, 6.07) is 3.42. The van der Waals surface area contributed by atoms with Crippen LogP contribution in [0.1, 0.15) is 32.1 Å². The van der Waals surface area contributed by atoms with Crippen molar-refractivity contribution in [2.24, 2.45) is 5.92 Å². The van der Waals surface area contributed by atoms with E-state index < -0.39 is 14.4 Å². The summed E-state index contributed by atoms with van der Waals surface area (Å²) in [7, 11) is -3.42. The van der Waals surface area contributed by atoms with Crippen molar-refractivity contribution >= 4 is 45.0 Å². The average Bonchev–Trinajstić information content (AvgIpc) is 3.22. The van der Waals surface area contributed by atoms with E-state index in [1.807, 2.05) is 0 Å². The van der Waals surface area contributed by atoms with Gasteiger partial charge in [-0.1, -0.05) is 12.8 Å². The van der Waals surface area contributed by atoms with Gasteiger partial charge in [-0.3, -0.25) is 0 Å². The van der Waals surface area contributed by atoms with Crippen molar-refractivity contribution in [3.05, 3.63) is 18.3 Å². The highest BCUT2D eigenvalue weighted by molar-refractivity contribution is 7.99. The number of pyridine rings is 1. The maximum Gasteiger partial charge on any atom is 0.244 e. The van der Waals surface area contributed by atoms with Gasteiger partial charge in [-0.2, -0.15) is 4.31 Å². The first kappa shape index (κ1) is 17.8. The van der Waals surface area contributed by atoms with Crippen molar-refractivity contribution in [2.75, 3.05) is 18.8 Å². The number of nitrogens with zero attached hydrogens (tertiary/aromatic N) is 2. The first-order chi connectivity index (χ1) is 10.9. The van der Waals surface area contributed by atoms with Gasteiger partial charge in [-0.25, -0.2) is 13.4 Å². The molecular formula is C15H20Cl2N2O2S2. The molecule has 2 fully saturated rings. The molecule has 0 bridgehead atoms. The van der Waals surface area contributed by atoms with Crippen LogP contribution in [0.2, 0.25) is 0 Å². The van der Waals surface area contributed by atoms with Crippen LogP contribution in [0.25, 0.3) is 0 Å². The minimum absolute atomic E-state index is 0.277. The first-order valence-electron chi connectivity index (χ1n) is 7.86. The highest BCUT2D eigenvalue weighted by Gasteiger charge is 2.51. The molecular weight excluding hydrogens is 375 g/mol. The average molecular weight is 395 g/mol. The summed E-state index contributed by atoms with van der Waals surface area (Å²) in [5.74, 6) is 1.09. The number of hydrogen-bond acceptors (Lipinski definition) is 4. The molecule has 2 heterocycles. The molecule has 2 aliphatic rings. The van der Waals surface area contributed by atoms with Crippen molar-refractivity contribution in [3.8, 4) is 0 Å². The van der Waals surface area contributed by atoms with Crippen molar-refractivity contribution < 1.29 is 8.42 Å². The van der Waals surface area contributed by atoms with Crippen molar-refractivity contribution in [3.63, 3.8) is 0 Å². The molecule has 0 spiro atoms. The molecule has 1 aromatic heterocycles. The summed E-state index contributed by atoms with van der Waals surface area (Å²) >= 11 is 13.6. The van der Waals surface area contributed by atoms with Crippen LogP contribution in [0, 0.1) is 5.92 Å². The van der Waals surface area contributed by atoms with Gasteiger partial charge in [0.05, 0.1) is 5.03 Å². The lowest BCUT2D eigenvalue weighted by Crippen LogP contribution is -2.32. The summed E-state index contributed by atoms with van der Waals surface area (Å²) in [4.78, 5) is 4.56. The molecule has 1 aliphatic carbocycles. The number of hydrogen-bond donors (Lipinski definition) is 0. The maximum atomic E-state index is 12.7. The van der Waals surface area contributed by atoms with E-state index in [9.17, 15) is 8.42 Å². The molecule has 0 N–H and O–H groups in total. The van der Waals surface area contributed by atoms with Crippen LogP contribution < -0.4 is 0 Å². The van der Waals surface area contributed by atoms with E-state index in [2.05, 4.69) is 4.98 Å². The van der Waals surface area contributed by atoms with Gasteiger partial charge in [-0.15, -0.1) is 35.0 Å². The largest absolute Gasteiger partial charge is 0.249 e. The lowest BCUT2D eigenvalue weighted by molar-refractivity contribution is 0.423. The number of thioether (sulfide) groups is 1. The van der Waals surface area contributed by atoms with E-state index in [-0.39, 0.29) is 10.8 Å². The molecule has 128 valence electrons. The Labute approximate surface area is 152 Å². The van der Waals surface area contributed by atoms with Crippen molar-refractivity contribution in [2.45, 2.75) is 46.4 Å². The zero-order valence-corrected chi connectivity index (χ0v) is 15.9. The zero-order valence-electron chi connectivity index (χ0n) is 12.7. The molecule has 1 atom stereocenters. The Morgan fingerprint density at radius 2 is 1.87 bits per heavy atom. The summed E-state index contributed by atoms with van der Waals surface area (Å²) in [6.07, 6.45) is 6.34. The smallest absolute Gasteiger partial charge is 0.244 e. The molecule has 4 nitrogen and oxygen atoms in total.